The van der Waals surface area contributed by atoms with E-state index in [9.17, 15) is 9.18 Å². The molecule has 1 aromatic carbocycles. The third-order valence-corrected chi connectivity index (χ3v) is 3.33. The second kappa shape index (κ2) is 11.1. The number of alkyl halides is 1. The maximum Gasteiger partial charge on any atom is 0.311 e. The molecule has 0 fully saturated rings. The molecule has 0 aliphatic heterocycles. The number of aliphatic imine (C=N–C) groups is 1. The number of carbonyl (C=O) groups excluding carboxylic acids is 1. The lowest BCUT2D eigenvalue weighted by Crippen LogP contribution is -2.20. The summed E-state index contributed by atoms with van der Waals surface area (Å²) >= 11 is 0. The second-order valence-electron chi connectivity index (χ2n) is 5.19. The molecule has 24 heavy (non-hydrogen) atoms. The van der Waals surface area contributed by atoms with Crippen LogP contribution in [0.2, 0.25) is 0 Å². The van der Waals surface area contributed by atoms with Gasteiger partial charge < -0.3 is 4.74 Å². The summed E-state index contributed by atoms with van der Waals surface area (Å²) in [5.74, 6) is -0.463. The summed E-state index contributed by atoms with van der Waals surface area (Å²) in [4.78, 5) is 15.8. The Morgan fingerprint density at radius 1 is 1.42 bits per heavy atom. The zero-order valence-electron chi connectivity index (χ0n) is 14.2. The van der Waals surface area contributed by atoms with Gasteiger partial charge in [-0.2, -0.15) is 5.26 Å². The highest BCUT2D eigenvalue weighted by Crippen LogP contribution is 2.08. The maximum atomic E-state index is 14.0. The molecule has 0 aromatic heterocycles. The molecular formula is C19H23FN2O2. The third kappa shape index (κ3) is 7.19. The molecule has 0 radical (unpaired) electrons. The van der Waals surface area contributed by atoms with E-state index in [1.54, 1.807) is 32.1 Å². The molecule has 1 unspecified atom stereocenters. The predicted molar refractivity (Wildman–Crippen MR) is 92.7 cm³/mol. The quantitative estimate of drug-likeness (QED) is 0.299. The van der Waals surface area contributed by atoms with Crippen LogP contribution in [0.15, 0.2) is 41.4 Å². The van der Waals surface area contributed by atoms with Crippen LogP contribution in [0, 0.1) is 11.3 Å². The van der Waals surface area contributed by atoms with Crippen molar-refractivity contribution in [2.45, 2.75) is 39.3 Å². The van der Waals surface area contributed by atoms with Crippen LogP contribution in [0.1, 0.15) is 37.8 Å². The van der Waals surface area contributed by atoms with Gasteiger partial charge in [-0.15, -0.1) is 0 Å². The van der Waals surface area contributed by atoms with Gasteiger partial charge in [-0.05, 0) is 50.5 Å². The van der Waals surface area contributed by atoms with E-state index in [2.05, 4.69) is 11.1 Å². The highest BCUT2D eigenvalue weighted by atomic mass is 19.1. The van der Waals surface area contributed by atoms with Gasteiger partial charge in [-0.3, -0.25) is 9.79 Å². The smallest absolute Gasteiger partial charge is 0.311 e. The molecule has 1 aromatic rings. The van der Waals surface area contributed by atoms with Gasteiger partial charge in [0.1, 0.15) is 0 Å². The largest absolute Gasteiger partial charge is 0.466 e. The Kier molecular flexibility index (Phi) is 9.06. The van der Waals surface area contributed by atoms with Gasteiger partial charge in [0, 0.05) is 6.54 Å². The molecule has 1 atom stereocenters. The van der Waals surface area contributed by atoms with E-state index in [0.717, 1.165) is 18.4 Å². The predicted octanol–water partition coefficient (Wildman–Crippen LogP) is 3.80. The first-order valence-electron chi connectivity index (χ1n) is 8.05. The van der Waals surface area contributed by atoms with E-state index in [0.29, 0.717) is 12.1 Å². The lowest BCUT2D eigenvalue weighted by molar-refractivity contribution is -0.141. The van der Waals surface area contributed by atoms with Gasteiger partial charge in [0.05, 0.1) is 30.4 Å². The maximum absolute atomic E-state index is 14.0. The molecular weight excluding hydrogens is 307 g/mol. The SMILES string of the molecule is C/C=C/C(F)C(CC(=O)OCC)=NCCCc1ccc(C#N)cc1. The minimum absolute atomic E-state index is 0.129. The zero-order valence-corrected chi connectivity index (χ0v) is 14.2. The van der Waals surface area contributed by atoms with Gasteiger partial charge >= 0.3 is 5.97 Å². The fraction of sp³-hybridized carbons (Fsp3) is 0.421. The van der Waals surface area contributed by atoms with Crippen molar-refractivity contribution in [3.05, 3.63) is 47.5 Å². The topological polar surface area (TPSA) is 62.4 Å². The Morgan fingerprint density at radius 3 is 2.71 bits per heavy atom. The molecule has 0 N–H and O–H groups in total. The molecule has 0 bridgehead atoms. The summed E-state index contributed by atoms with van der Waals surface area (Å²) in [7, 11) is 0. The molecule has 0 heterocycles. The van der Waals surface area contributed by atoms with Crippen molar-refractivity contribution >= 4 is 11.7 Å². The van der Waals surface area contributed by atoms with Gasteiger partial charge in [-0.25, -0.2) is 4.39 Å². The van der Waals surface area contributed by atoms with Gasteiger partial charge in [0.15, 0.2) is 6.17 Å². The monoisotopic (exact) mass is 330 g/mol. The Morgan fingerprint density at radius 2 is 2.12 bits per heavy atom. The first-order chi connectivity index (χ1) is 11.6. The molecule has 0 saturated carbocycles. The van der Waals surface area contributed by atoms with Crippen LogP contribution in [0.4, 0.5) is 4.39 Å². The fourth-order valence-corrected chi connectivity index (χ4v) is 2.13. The molecule has 0 aliphatic carbocycles. The van der Waals surface area contributed by atoms with Gasteiger partial charge in [-0.1, -0.05) is 18.2 Å². The summed E-state index contributed by atoms with van der Waals surface area (Å²) in [5.41, 5.74) is 1.92. The van der Waals surface area contributed by atoms with Crippen LogP contribution >= 0.6 is 0 Å². The van der Waals surface area contributed by atoms with Crippen LogP contribution in [-0.2, 0) is 16.0 Å². The Labute approximate surface area is 142 Å². The van der Waals surface area contributed by atoms with Crippen LogP contribution in [0.5, 0.6) is 0 Å². The van der Waals surface area contributed by atoms with Crippen molar-refractivity contribution in [3.8, 4) is 6.07 Å². The molecule has 1 rings (SSSR count). The van der Waals surface area contributed by atoms with Crippen LogP contribution in [-0.4, -0.2) is 31.0 Å². The number of hydrogen-bond donors (Lipinski definition) is 0. The average molecular weight is 330 g/mol. The van der Waals surface area contributed by atoms with Crippen molar-refractivity contribution < 1.29 is 13.9 Å². The Balaban J connectivity index is 2.59. The normalized spacial score (nSPS) is 12.8. The number of halogens is 1. The zero-order chi connectivity index (χ0) is 17.8. The average Bonchev–Trinajstić information content (AvgIpc) is 2.58. The Hall–Kier alpha value is -2.48. The minimum Gasteiger partial charge on any atom is -0.466 e. The van der Waals surface area contributed by atoms with E-state index < -0.39 is 12.1 Å². The summed E-state index contributed by atoms with van der Waals surface area (Å²) in [6, 6.07) is 9.42. The minimum atomic E-state index is -1.37. The number of nitriles is 1. The van der Waals surface area contributed by atoms with Crippen LogP contribution < -0.4 is 0 Å². The van der Waals surface area contributed by atoms with Crippen molar-refractivity contribution in [3.63, 3.8) is 0 Å². The molecule has 4 nitrogen and oxygen atoms in total. The third-order valence-electron chi connectivity index (χ3n) is 3.33. The second-order valence-corrected chi connectivity index (χ2v) is 5.19. The number of rotatable bonds is 9. The molecule has 0 saturated heterocycles. The van der Waals surface area contributed by atoms with Crippen molar-refractivity contribution in [2.24, 2.45) is 4.99 Å². The molecule has 0 spiro atoms. The van der Waals surface area contributed by atoms with Gasteiger partial charge in [0.25, 0.3) is 0 Å². The van der Waals surface area contributed by atoms with Crippen molar-refractivity contribution in [1.29, 1.82) is 5.26 Å². The number of hydrogen-bond acceptors (Lipinski definition) is 4. The van der Waals surface area contributed by atoms with Crippen molar-refractivity contribution in [1.82, 2.24) is 0 Å². The highest BCUT2D eigenvalue weighted by molar-refractivity contribution is 6.02. The molecule has 0 amide bonds. The van der Waals surface area contributed by atoms with E-state index in [4.69, 9.17) is 10.00 Å². The first-order valence-corrected chi connectivity index (χ1v) is 8.05. The van der Waals surface area contributed by atoms with Crippen molar-refractivity contribution in [2.75, 3.05) is 13.2 Å². The standard InChI is InChI=1S/C19H23FN2O2/c1-3-6-17(20)18(13-19(23)24-4-2)22-12-5-7-15-8-10-16(14-21)11-9-15/h3,6,8-11,17H,4-5,7,12-13H2,1-2H3/b6-3+,22-18?. The number of esters is 1. The number of aryl methyl sites for hydroxylation is 1. The number of ether oxygens (including phenoxy) is 1. The van der Waals surface area contributed by atoms with E-state index in [1.165, 1.54) is 6.08 Å². The lowest BCUT2D eigenvalue weighted by Gasteiger charge is -2.09. The van der Waals surface area contributed by atoms with Crippen LogP contribution in [0.25, 0.3) is 0 Å². The Bertz CT molecular complexity index is 615. The lowest BCUT2D eigenvalue weighted by atomic mass is 10.1. The fourth-order valence-electron chi connectivity index (χ4n) is 2.13. The summed E-state index contributed by atoms with van der Waals surface area (Å²) in [6.45, 7) is 4.14. The summed E-state index contributed by atoms with van der Waals surface area (Å²) in [6.07, 6.45) is 2.99. The van der Waals surface area contributed by atoms with Gasteiger partial charge in [0.2, 0.25) is 0 Å². The molecule has 5 heteroatoms. The number of allylic oxidation sites excluding steroid dienone is 2. The van der Waals surface area contributed by atoms with E-state index in [1.807, 2.05) is 12.1 Å². The summed E-state index contributed by atoms with van der Waals surface area (Å²) < 4.78 is 18.9. The van der Waals surface area contributed by atoms with E-state index >= 15 is 0 Å². The number of benzene rings is 1. The molecule has 0 aliphatic rings. The van der Waals surface area contributed by atoms with E-state index in [-0.39, 0.29) is 18.7 Å². The molecule has 128 valence electrons. The number of carbonyl (C=O) groups is 1. The van der Waals surface area contributed by atoms with Crippen LogP contribution in [0.3, 0.4) is 0 Å². The number of nitrogens with zero attached hydrogens (tertiary/aromatic N) is 2. The summed E-state index contributed by atoms with van der Waals surface area (Å²) in [5, 5.41) is 8.76. The first kappa shape index (κ1) is 19.6. The highest BCUT2D eigenvalue weighted by Gasteiger charge is 2.16.